The summed E-state index contributed by atoms with van der Waals surface area (Å²) < 4.78 is 9.26. The van der Waals surface area contributed by atoms with Crippen molar-refractivity contribution in [1.82, 2.24) is 4.98 Å². The number of halogens is 2. The van der Waals surface area contributed by atoms with E-state index >= 15 is 0 Å². The van der Waals surface area contributed by atoms with Gasteiger partial charge >= 0.3 is 11.9 Å². The van der Waals surface area contributed by atoms with Gasteiger partial charge in [0.2, 0.25) is 0 Å². The monoisotopic (exact) mass is 382 g/mol. The van der Waals surface area contributed by atoms with Crippen molar-refractivity contribution in [3.63, 3.8) is 0 Å². The van der Waals surface area contributed by atoms with Gasteiger partial charge in [0.25, 0.3) is 5.91 Å². The Morgan fingerprint density at radius 2 is 1.48 bits per heavy atom. The van der Waals surface area contributed by atoms with Crippen molar-refractivity contribution in [2.24, 2.45) is 0 Å². The summed E-state index contributed by atoms with van der Waals surface area (Å²) in [6, 6.07) is 5.37. The Morgan fingerprint density at radius 3 is 1.96 bits per heavy atom. The van der Waals surface area contributed by atoms with E-state index in [0.717, 1.165) is 0 Å². The minimum atomic E-state index is -0.669. The molecule has 7 nitrogen and oxygen atoms in total. The van der Waals surface area contributed by atoms with Gasteiger partial charge in [0.1, 0.15) is 5.15 Å². The maximum Gasteiger partial charge on any atom is 0.337 e. The fourth-order valence-corrected chi connectivity index (χ4v) is 2.19. The Labute approximate surface area is 152 Å². The summed E-state index contributed by atoms with van der Waals surface area (Å²) in [6.45, 7) is 0. The molecule has 0 aliphatic rings. The van der Waals surface area contributed by atoms with Gasteiger partial charge in [-0.05, 0) is 24.3 Å². The fraction of sp³-hybridized carbons (Fsp3) is 0.125. The number of hydrogen-bond acceptors (Lipinski definition) is 6. The van der Waals surface area contributed by atoms with E-state index in [-0.39, 0.29) is 32.6 Å². The van der Waals surface area contributed by atoms with Crippen molar-refractivity contribution in [2.75, 3.05) is 19.5 Å². The van der Waals surface area contributed by atoms with Gasteiger partial charge in [0.05, 0.1) is 35.9 Å². The zero-order valence-electron chi connectivity index (χ0n) is 13.1. The SMILES string of the molecule is COC(=O)c1cc(NC(=O)c2cnc(Cl)c(Cl)c2)cc(C(=O)OC)c1. The largest absolute Gasteiger partial charge is 0.465 e. The van der Waals surface area contributed by atoms with Crippen molar-refractivity contribution in [3.05, 3.63) is 57.3 Å². The molecule has 25 heavy (non-hydrogen) atoms. The number of esters is 2. The number of carbonyl (C=O) groups excluding carboxylic acids is 3. The van der Waals surface area contributed by atoms with Gasteiger partial charge in [0, 0.05) is 11.9 Å². The highest BCUT2D eigenvalue weighted by Gasteiger charge is 2.16. The second-order valence-corrected chi connectivity index (χ2v) is 5.50. The lowest BCUT2D eigenvalue weighted by Crippen LogP contribution is -2.14. The first kappa shape index (κ1) is 18.7. The Kier molecular flexibility index (Phi) is 5.95. The minimum absolute atomic E-state index is 0.0684. The molecule has 1 aromatic heterocycles. The van der Waals surface area contributed by atoms with Crippen molar-refractivity contribution in [3.8, 4) is 0 Å². The molecule has 0 saturated carbocycles. The van der Waals surface area contributed by atoms with E-state index in [1.54, 1.807) is 0 Å². The number of rotatable bonds is 4. The summed E-state index contributed by atoms with van der Waals surface area (Å²) in [7, 11) is 2.40. The zero-order chi connectivity index (χ0) is 18.6. The molecular weight excluding hydrogens is 371 g/mol. The Morgan fingerprint density at radius 1 is 0.920 bits per heavy atom. The summed E-state index contributed by atoms with van der Waals surface area (Å²) in [5.74, 6) is -1.89. The molecule has 2 aromatic rings. The van der Waals surface area contributed by atoms with Crippen LogP contribution in [0.1, 0.15) is 31.1 Å². The standard InChI is InChI=1S/C16H12Cl2N2O5/c1-24-15(22)8-3-9(16(23)25-2)5-11(4-8)20-14(21)10-6-12(17)13(18)19-7-10/h3-7H,1-2H3,(H,20,21). The molecule has 0 radical (unpaired) electrons. The highest BCUT2D eigenvalue weighted by atomic mass is 35.5. The van der Waals surface area contributed by atoms with E-state index < -0.39 is 17.8 Å². The second kappa shape index (κ2) is 7.96. The van der Waals surface area contributed by atoms with Gasteiger partial charge in [-0.3, -0.25) is 4.79 Å². The predicted molar refractivity (Wildman–Crippen MR) is 91.3 cm³/mol. The summed E-state index contributed by atoms with van der Waals surface area (Å²) in [5.41, 5.74) is 0.498. The Balaban J connectivity index is 2.36. The van der Waals surface area contributed by atoms with Gasteiger partial charge < -0.3 is 14.8 Å². The summed E-state index contributed by atoms with van der Waals surface area (Å²) in [6.07, 6.45) is 1.24. The molecule has 0 atom stereocenters. The van der Waals surface area contributed by atoms with Crippen LogP contribution in [0.25, 0.3) is 0 Å². The number of ether oxygens (including phenoxy) is 2. The molecule has 0 fully saturated rings. The molecule has 2 rings (SSSR count). The molecule has 0 saturated heterocycles. The molecule has 1 heterocycles. The number of benzene rings is 1. The number of nitrogens with one attached hydrogen (secondary N) is 1. The molecule has 9 heteroatoms. The molecular formula is C16H12Cl2N2O5. The molecule has 0 aliphatic heterocycles. The molecule has 1 amide bonds. The topological polar surface area (TPSA) is 94.6 Å². The van der Waals surface area contributed by atoms with E-state index in [1.165, 1.54) is 44.7 Å². The molecule has 0 unspecified atom stereocenters. The number of pyridine rings is 1. The van der Waals surface area contributed by atoms with Crippen LogP contribution in [0.2, 0.25) is 10.2 Å². The van der Waals surface area contributed by atoms with Crippen LogP contribution in [-0.2, 0) is 9.47 Å². The van der Waals surface area contributed by atoms with Crippen LogP contribution in [0.5, 0.6) is 0 Å². The van der Waals surface area contributed by atoms with E-state index in [4.69, 9.17) is 23.2 Å². The smallest absolute Gasteiger partial charge is 0.337 e. The lowest BCUT2D eigenvalue weighted by molar-refractivity contribution is 0.0599. The average Bonchev–Trinajstić information content (AvgIpc) is 2.62. The first-order chi connectivity index (χ1) is 11.8. The summed E-state index contributed by atoms with van der Waals surface area (Å²) in [5, 5.41) is 2.73. The highest BCUT2D eigenvalue weighted by Crippen LogP contribution is 2.21. The first-order valence-electron chi connectivity index (χ1n) is 6.79. The molecule has 1 N–H and O–H groups in total. The van der Waals surface area contributed by atoms with Crippen LogP contribution in [-0.4, -0.2) is 37.0 Å². The van der Waals surface area contributed by atoms with Crippen molar-refractivity contribution < 1.29 is 23.9 Å². The third kappa shape index (κ3) is 4.46. The van der Waals surface area contributed by atoms with E-state index in [1.807, 2.05) is 0 Å². The number of amides is 1. The number of anilines is 1. The fourth-order valence-electron chi connectivity index (χ4n) is 1.92. The summed E-state index contributed by atoms with van der Waals surface area (Å²) in [4.78, 5) is 39.6. The number of hydrogen-bond donors (Lipinski definition) is 1. The van der Waals surface area contributed by atoms with Gasteiger partial charge in [0.15, 0.2) is 0 Å². The predicted octanol–water partition coefficient (Wildman–Crippen LogP) is 3.21. The van der Waals surface area contributed by atoms with Crippen molar-refractivity contribution >= 4 is 46.7 Å². The van der Waals surface area contributed by atoms with E-state index in [2.05, 4.69) is 19.8 Å². The second-order valence-electron chi connectivity index (χ2n) is 4.73. The average molecular weight is 383 g/mol. The van der Waals surface area contributed by atoms with Gasteiger partial charge in [-0.2, -0.15) is 0 Å². The maximum absolute atomic E-state index is 12.3. The molecule has 130 valence electrons. The molecule has 0 aliphatic carbocycles. The van der Waals surface area contributed by atoms with Gasteiger partial charge in [-0.15, -0.1) is 0 Å². The maximum atomic E-state index is 12.3. The first-order valence-corrected chi connectivity index (χ1v) is 7.55. The third-order valence-electron chi connectivity index (χ3n) is 3.09. The summed E-state index contributed by atoms with van der Waals surface area (Å²) >= 11 is 11.5. The van der Waals surface area contributed by atoms with Crippen LogP contribution >= 0.6 is 23.2 Å². The van der Waals surface area contributed by atoms with Crippen LogP contribution in [0.3, 0.4) is 0 Å². The minimum Gasteiger partial charge on any atom is -0.465 e. The number of methoxy groups -OCH3 is 2. The lowest BCUT2D eigenvalue weighted by atomic mass is 10.1. The van der Waals surface area contributed by atoms with Crippen LogP contribution in [0.4, 0.5) is 5.69 Å². The number of aromatic nitrogens is 1. The Bertz CT molecular complexity index is 820. The van der Waals surface area contributed by atoms with Crippen LogP contribution < -0.4 is 5.32 Å². The third-order valence-corrected chi connectivity index (χ3v) is 3.78. The lowest BCUT2D eigenvalue weighted by Gasteiger charge is -2.10. The normalized spacial score (nSPS) is 10.1. The Hall–Kier alpha value is -2.64. The zero-order valence-corrected chi connectivity index (χ0v) is 14.6. The molecule has 1 aromatic carbocycles. The van der Waals surface area contributed by atoms with Gasteiger partial charge in [-0.25, -0.2) is 14.6 Å². The van der Waals surface area contributed by atoms with E-state index in [0.29, 0.717) is 0 Å². The van der Waals surface area contributed by atoms with Gasteiger partial charge in [-0.1, -0.05) is 23.2 Å². The number of nitrogens with zero attached hydrogens (tertiary/aromatic N) is 1. The quantitative estimate of drug-likeness (QED) is 0.644. The highest BCUT2D eigenvalue weighted by molar-refractivity contribution is 6.41. The van der Waals surface area contributed by atoms with Crippen molar-refractivity contribution in [1.29, 1.82) is 0 Å². The molecule has 0 spiro atoms. The van der Waals surface area contributed by atoms with E-state index in [9.17, 15) is 14.4 Å². The molecule has 0 bridgehead atoms. The van der Waals surface area contributed by atoms with Crippen LogP contribution in [0, 0.1) is 0 Å². The van der Waals surface area contributed by atoms with Crippen LogP contribution in [0.15, 0.2) is 30.5 Å². The van der Waals surface area contributed by atoms with Crippen molar-refractivity contribution in [2.45, 2.75) is 0 Å². The number of carbonyl (C=O) groups is 3.